The van der Waals surface area contributed by atoms with E-state index in [1.807, 2.05) is 12.1 Å². The van der Waals surface area contributed by atoms with E-state index >= 15 is 0 Å². The molecule has 3 aromatic rings. The van der Waals surface area contributed by atoms with Crippen molar-refractivity contribution in [3.8, 4) is 11.5 Å². The van der Waals surface area contributed by atoms with E-state index in [1.54, 1.807) is 50.4 Å². The predicted octanol–water partition coefficient (Wildman–Crippen LogP) is 6.90. The van der Waals surface area contributed by atoms with Gasteiger partial charge in [-0.3, -0.25) is 4.79 Å². The lowest BCUT2D eigenvalue weighted by molar-refractivity contribution is -0.274. The molecule has 4 rings (SSSR count). The highest BCUT2D eigenvalue weighted by Crippen LogP contribution is 2.36. The third-order valence-corrected chi connectivity index (χ3v) is 6.66. The number of methoxy groups -OCH3 is 1. The normalized spacial score (nSPS) is 13.5. The predicted molar refractivity (Wildman–Crippen MR) is 144 cm³/mol. The highest BCUT2D eigenvalue weighted by atomic mass is 35.5. The molecule has 0 saturated heterocycles. The molecule has 0 saturated carbocycles. The molecule has 1 amide bonds. The van der Waals surface area contributed by atoms with Gasteiger partial charge in [0.1, 0.15) is 23.3 Å². The number of nitrogens with zero attached hydrogens (tertiary/aromatic N) is 1. The van der Waals surface area contributed by atoms with Crippen LogP contribution in [-0.2, 0) is 22.4 Å². The van der Waals surface area contributed by atoms with Gasteiger partial charge in [-0.2, -0.15) is 0 Å². The molecule has 3 aromatic carbocycles. The van der Waals surface area contributed by atoms with Crippen LogP contribution < -0.4 is 19.7 Å². The zero-order valence-corrected chi connectivity index (χ0v) is 22.2. The number of anilines is 2. The van der Waals surface area contributed by atoms with E-state index < -0.39 is 12.4 Å². The number of hydrogen-bond donors (Lipinski definition) is 1. The van der Waals surface area contributed by atoms with Gasteiger partial charge in [-0.05, 0) is 73.2 Å². The van der Waals surface area contributed by atoms with E-state index in [4.69, 9.17) is 16.3 Å². The molecule has 1 N–H and O–H groups in total. The van der Waals surface area contributed by atoms with E-state index in [-0.39, 0.29) is 17.4 Å². The number of amides is 1. The van der Waals surface area contributed by atoms with Gasteiger partial charge in [-0.1, -0.05) is 29.8 Å². The third-order valence-electron chi connectivity index (χ3n) is 6.41. The first-order valence-corrected chi connectivity index (χ1v) is 12.8. The van der Waals surface area contributed by atoms with Gasteiger partial charge >= 0.3 is 6.36 Å². The van der Waals surface area contributed by atoms with Crippen LogP contribution in [0.3, 0.4) is 0 Å². The van der Waals surface area contributed by atoms with E-state index in [0.717, 1.165) is 11.1 Å². The summed E-state index contributed by atoms with van der Waals surface area (Å²) in [5.74, 6) is -0.0407. The van der Waals surface area contributed by atoms with Crippen molar-refractivity contribution in [2.45, 2.75) is 45.0 Å². The molecule has 1 aliphatic rings. The molecule has 10 heteroatoms. The minimum absolute atomic E-state index is 0.110. The Morgan fingerprint density at radius 2 is 1.79 bits per heavy atom. The molecule has 1 unspecified atom stereocenters. The van der Waals surface area contributed by atoms with Gasteiger partial charge in [0.25, 0.3) is 5.91 Å². The average Bonchev–Trinajstić information content (AvgIpc) is 3.29. The summed E-state index contributed by atoms with van der Waals surface area (Å²) in [5.41, 5.74) is 3.30. The maximum Gasteiger partial charge on any atom is 0.573 e. The summed E-state index contributed by atoms with van der Waals surface area (Å²) in [5, 5.41) is 3.80. The first-order valence-electron chi connectivity index (χ1n) is 12.4. The fourth-order valence-corrected chi connectivity index (χ4v) is 4.72. The molecule has 39 heavy (non-hydrogen) atoms. The summed E-state index contributed by atoms with van der Waals surface area (Å²) >= 11 is 6.09. The number of benzene rings is 3. The van der Waals surface area contributed by atoms with E-state index in [0.29, 0.717) is 59.9 Å². The summed E-state index contributed by atoms with van der Waals surface area (Å²) in [6.45, 7) is 1.86. The molecule has 0 aromatic heterocycles. The Hall–Kier alpha value is -3.72. The lowest BCUT2D eigenvalue weighted by atomic mass is 10.0. The third kappa shape index (κ3) is 7.44. The van der Waals surface area contributed by atoms with Crippen LogP contribution >= 0.6 is 11.6 Å². The maximum absolute atomic E-state index is 14.0. The van der Waals surface area contributed by atoms with Crippen molar-refractivity contribution in [1.29, 1.82) is 0 Å². The van der Waals surface area contributed by atoms with Crippen molar-refractivity contribution in [2.24, 2.45) is 0 Å². The molecular formula is C29H28ClF3N2O4. The van der Waals surface area contributed by atoms with Crippen LogP contribution in [0.5, 0.6) is 11.5 Å². The van der Waals surface area contributed by atoms with Crippen molar-refractivity contribution < 1.29 is 32.2 Å². The number of fused-ring (bicyclic) bond motifs is 1. The maximum atomic E-state index is 14.0. The van der Waals surface area contributed by atoms with Gasteiger partial charge in [0.05, 0.1) is 12.8 Å². The zero-order chi connectivity index (χ0) is 28.2. The number of rotatable bonds is 10. The van der Waals surface area contributed by atoms with Crippen LogP contribution in [-0.4, -0.2) is 31.7 Å². The second kappa shape index (κ2) is 12.0. The summed E-state index contributed by atoms with van der Waals surface area (Å²) in [7, 11) is 1.54. The van der Waals surface area contributed by atoms with Gasteiger partial charge in [0.2, 0.25) is 0 Å². The standard InChI is InChI=1S/C29H28ClF3N2O4/c1-18(36)4-3-5-19-14-23(16-25(15-19)38-2)34-27(21-6-9-22(30)10-7-21)28(37)35-13-12-20-8-11-24(17-26(20)35)39-29(31,32)33/h6-11,14-17,27,34H,3-5,12-13H2,1-2H3. The minimum Gasteiger partial charge on any atom is -0.497 e. The second-order valence-corrected chi connectivity index (χ2v) is 9.77. The number of hydrogen-bond acceptors (Lipinski definition) is 5. The Labute approximate surface area is 229 Å². The molecule has 0 aliphatic carbocycles. The van der Waals surface area contributed by atoms with Gasteiger partial charge in [-0.15, -0.1) is 13.2 Å². The Bertz CT molecular complexity index is 1350. The molecule has 0 bridgehead atoms. The first kappa shape index (κ1) is 28.3. The van der Waals surface area contributed by atoms with Gasteiger partial charge in [0, 0.05) is 35.8 Å². The Morgan fingerprint density at radius 1 is 1.05 bits per heavy atom. The Morgan fingerprint density at radius 3 is 2.46 bits per heavy atom. The molecule has 1 heterocycles. The average molecular weight is 561 g/mol. The monoisotopic (exact) mass is 560 g/mol. The van der Waals surface area contributed by atoms with Crippen LogP contribution in [0.4, 0.5) is 24.5 Å². The van der Waals surface area contributed by atoms with Crippen molar-refractivity contribution in [3.63, 3.8) is 0 Å². The van der Waals surface area contributed by atoms with Gasteiger partial charge < -0.3 is 24.5 Å². The minimum atomic E-state index is -4.84. The van der Waals surface area contributed by atoms with Crippen molar-refractivity contribution in [2.75, 3.05) is 23.9 Å². The van der Waals surface area contributed by atoms with E-state index in [9.17, 15) is 22.8 Å². The summed E-state index contributed by atoms with van der Waals surface area (Å²) < 4.78 is 48.1. The Kier molecular flexibility index (Phi) is 8.70. The quantitative estimate of drug-likeness (QED) is 0.292. The number of nitrogens with one attached hydrogen (secondary N) is 1. The summed E-state index contributed by atoms with van der Waals surface area (Å²) in [6, 6.07) is 15.5. The lowest BCUT2D eigenvalue weighted by Crippen LogP contribution is -2.37. The SMILES string of the molecule is COc1cc(CCCC(C)=O)cc(NC(C(=O)N2CCc3ccc(OC(F)(F)F)cc32)c2ccc(Cl)cc2)c1. The highest BCUT2D eigenvalue weighted by molar-refractivity contribution is 6.30. The van der Waals surface area contributed by atoms with Crippen LogP contribution in [0.2, 0.25) is 5.02 Å². The van der Waals surface area contributed by atoms with Crippen LogP contribution in [0.1, 0.15) is 42.5 Å². The number of Topliss-reactive ketones (excluding diaryl/α,β-unsaturated/α-hetero) is 1. The fourth-order valence-electron chi connectivity index (χ4n) is 4.60. The van der Waals surface area contributed by atoms with E-state index in [1.165, 1.54) is 17.0 Å². The number of halogens is 4. The number of carbonyl (C=O) groups is 2. The van der Waals surface area contributed by atoms with Crippen LogP contribution in [0.25, 0.3) is 0 Å². The van der Waals surface area contributed by atoms with Crippen molar-refractivity contribution >= 4 is 34.7 Å². The largest absolute Gasteiger partial charge is 0.573 e. The molecule has 6 nitrogen and oxygen atoms in total. The fraction of sp³-hybridized carbons (Fsp3) is 0.310. The number of carbonyl (C=O) groups excluding carboxylic acids is 2. The first-order chi connectivity index (χ1) is 18.5. The molecule has 0 spiro atoms. The van der Waals surface area contributed by atoms with Crippen LogP contribution in [0.15, 0.2) is 60.7 Å². The van der Waals surface area contributed by atoms with Crippen LogP contribution in [0, 0.1) is 0 Å². The lowest BCUT2D eigenvalue weighted by Gasteiger charge is -2.27. The number of ether oxygens (including phenoxy) is 2. The molecule has 206 valence electrons. The summed E-state index contributed by atoms with van der Waals surface area (Å²) in [6.07, 6.45) is -2.56. The zero-order valence-electron chi connectivity index (χ0n) is 21.5. The molecule has 1 atom stereocenters. The molecule has 0 radical (unpaired) electrons. The van der Waals surface area contributed by atoms with Gasteiger partial charge in [0.15, 0.2) is 0 Å². The van der Waals surface area contributed by atoms with Crippen molar-refractivity contribution in [1.82, 2.24) is 0 Å². The topological polar surface area (TPSA) is 67.9 Å². The molecule has 1 aliphatic heterocycles. The smallest absolute Gasteiger partial charge is 0.497 e. The number of ketones is 1. The van der Waals surface area contributed by atoms with Gasteiger partial charge in [-0.25, -0.2) is 0 Å². The molecular weight excluding hydrogens is 533 g/mol. The molecule has 0 fully saturated rings. The highest BCUT2D eigenvalue weighted by Gasteiger charge is 2.34. The summed E-state index contributed by atoms with van der Waals surface area (Å²) in [4.78, 5) is 26.8. The van der Waals surface area contributed by atoms with Crippen molar-refractivity contribution in [3.05, 3.63) is 82.4 Å². The van der Waals surface area contributed by atoms with E-state index in [2.05, 4.69) is 10.1 Å². The number of aryl methyl sites for hydroxylation is 1. The second-order valence-electron chi connectivity index (χ2n) is 9.33. The Balaban J connectivity index is 1.66. The number of alkyl halides is 3.